The van der Waals surface area contributed by atoms with Crippen molar-refractivity contribution in [3.63, 3.8) is 0 Å². The molecule has 1 aliphatic carbocycles. The lowest BCUT2D eigenvalue weighted by Crippen LogP contribution is -2.38. The van der Waals surface area contributed by atoms with Gasteiger partial charge in [-0.25, -0.2) is 0 Å². The van der Waals surface area contributed by atoms with Gasteiger partial charge in [0.1, 0.15) is 0 Å². The number of carbonyl (C=O) groups excluding carboxylic acids is 2. The van der Waals surface area contributed by atoms with Crippen LogP contribution in [-0.4, -0.2) is 16.8 Å². The van der Waals surface area contributed by atoms with E-state index in [1.807, 2.05) is 0 Å². The molecule has 4 heteroatoms. The fourth-order valence-corrected chi connectivity index (χ4v) is 1.30. The Balaban J connectivity index is 2.88. The number of halogens is 1. The normalized spacial score (nSPS) is 25.7. The summed E-state index contributed by atoms with van der Waals surface area (Å²) in [6.45, 7) is 1.24. The van der Waals surface area contributed by atoms with E-state index >= 15 is 0 Å². The van der Waals surface area contributed by atoms with Gasteiger partial charge < -0.3 is 4.74 Å². The quantitative estimate of drug-likeness (QED) is 0.502. The number of carbonyl (C=O) groups is 2. The minimum atomic E-state index is -1.29. The Bertz CT molecular complexity index is 293. The number of ether oxygens (including phenoxy) is 1. The molecule has 0 fully saturated rings. The van der Waals surface area contributed by atoms with Gasteiger partial charge in [0.2, 0.25) is 5.60 Å². The first-order valence-corrected chi connectivity index (χ1v) is 4.18. The molecule has 13 heavy (non-hydrogen) atoms. The van der Waals surface area contributed by atoms with Crippen LogP contribution >= 0.6 is 11.6 Å². The second kappa shape index (κ2) is 3.75. The van der Waals surface area contributed by atoms with Gasteiger partial charge in [0, 0.05) is 13.3 Å². The summed E-state index contributed by atoms with van der Waals surface area (Å²) >= 11 is 5.36. The third-order valence-electron chi connectivity index (χ3n) is 1.69. The molecule has 0 aromatic carbocycles. The van der Waals surface area contributed by atoms with Gasteiger partial charge in [-0.2, -0.15) is 0 Å². The molecule has 1 rings (SSSR count). The Kier molecular flexibility index (Phi) is 2.88. The molecule has 0 aromatic heterocycles. The summed E-state index contributed by atoms with van der Waals surface area (Å²) in [4.78, 5) is 21.8. The maximum absolute atomic E-state index is 11.1. The summed E-state index contributed by atoms with van der Waals surface area (Å²) in [6.07, 6.45) is 6.91. The monoisotopic (exact) mass is 200 g/mol. The topological polar surface area (TPSA) is 43.4 Å². The van der Waals surface area contributed by atoms with Crippen LogP contribution in [0.3, 0.4) is 0 Å². The summed E-state index contributed by atoms with van der Waals surface area (Å²) in [7, 11) is 0. The van der Waals surface area contributed by atoms with E-state index < -0.39 is 16.8 Å². The molecule has 1 unspecified atom stereocenters. The van der Waals surface area contributed by atoms with Crippen LogP contribution in [0.1, 0.15) is 13.3 Å². The van der Waals surface area contributed by atoms with Crippen LogP contribution < -0.4 is 0 Å². The number of rotatable bonds is 2. The third kappa shape index (κ3) is 2.18. The fourth-order valence-electron chi connectivity index (χ4n) is 1.12. The van der Waals surface area contributed by atoms with Gasteiger partial charge in [-0.1, -0.05) is 18.2 Å². The Labute approximate surface area is 81.0 Å². The van der Waals surface area contributed by atoms with Crippen LogP contribution in [0, 0.1) is 0 Å². The molecular formula is C9H9ClO3. The van der Waals surface area contributed by atoms with Crippen molar-refractivity contribution in [2.75, 3.05) is 0 Å². The molecule has 0 heterocycles. The lowest BCUT2D eigenvalue weighted by atomic mass is 9.96. The van der Waals surface area contributed by atoms with Crippen LogP contribution in [0.15, 0.2) is 24.3 Å². The second-order valence-corrected chi connectivity index (χ2v) is 3.09. The number of allylic oxidation sites excluding steroid dienone is 2. The van der Waals surface area contributed by atoms with E-state index in [4.69, 9.17) is 16.3 Å². The van der Waals surface area contributed by atoms with Crippen LogP contribution in [0.4, 0.5) is 0 Å². The molecule has 3 nitrogen and oxygen atoms in total. The first-order chi connectivity index (χ1) is 6.07. The van der Waals surface area contributed by atoms with E-state index in [1.54, 1.807) is 18.2 Å². The average Bonchev–Trinajstić information content (AvgIpc) is 2.04. The molecule has 70 valence electrons. The van der Waals surface area contributed by atoms with Crippen molar-refractivity contribution in [3.8, 4) is 0 Å². The maximum atomic E-state index is 11.1. The van der Waals surface area contributed by atoms with E-state index in [0.717, 1.165) is 0 Å². The molecule has 0 aromatic rings. The standard InChI is InChI=1S/C9H9ClO3/c1-7(11)13-9(8(10)12)5-3-2-4-6-9/h2-5H,6H2,1H3. The van der Waals surface area contributed by atoms with Crippen molar-refractivity contribution >= 4 is 22.8 Å². The minimum absolute atomic E-state index is 0.297. The zero-order chi connectivity index (χ0) is 9.90. The highest BCUT2D eigenvalue weighted by Gasteiger charge is 2.37. The number of esters is 1. The van der Waals surface area contributed by atoms with Gasteiger partial charge in [-0.05, 0) is 17.7 Å². The third-order valence-corrected chi connectivity index (χ3v) is 2.01. The summed E-state index contributed by atoms with van der Waals surface area (Å²) in [5, 5.41) is -0.677. The zero-order valence-electron chi connectivity index (χ0n) is 7.12. The highest BCUT2D eigenvalue weighted by atomic mass is 35.5. The van der Waals surface area contributed by atoms with Crippen molar-refractivity contribution in [1.82, 2.24) is 0 Å². The predicted octanol–water partition coefficient (Wildman–Crippen LogP) is 1.57. The maximum Gasteiger partial charge on any atom is 0.304 e. The Morgan fingerprint density at radius 1 is 1.46 bits per heavy atom. The molecule has 0 saturated carbocycles. The molecule has 1 atom stereocenters. The predicted molar refractivity (Wildman–Crippen MR) is 48.3 cm³/mol. The summed E-state index contributed by atoms with van der Waals surface area (Å²) < 4.78 is 4.88. The van der Waals surface area contributed by atoms with E-state index in [9.17, 15) is 9.59 Å². The lowest BCUT2D eigenvalue weighted by molar-refractivity contribution is -0.157. The minimum Gasteiger partial charge on any atom is -0.445 e. The van der Waals surface area contributed by atoms with E-state index in [1.165, 1.54) is 13.0 Å². The summed E-state index contributed by atoms with van der Waals surface area (Å²) in [5.41, 5.74) is -1.29. The van der Waals surface area contributed by atoms with Crippen LogP contribution in [0.2, 0.25) is 0 Å². The lowest BCUT2D eigenvalue weighted by Gasteiger charge is -2.26. The van der Waals surface area contributed by atoms with Crippen molar-refractivity contribution in [3.05, 3.63) is 24.3 Å². The summed E-state index contributed by atoms with van der Waals surface area (Å²) in [5.74, 6) is -0.519. The van der Waals surface area contributed by atoms with Gasteiger partial charge in [0.25, 0.3) is 5.24 Å². The van der Waals surface area contributed by atoms with Gasteiger partial charge >= 0.3 is 5.97 Å². The largest absolute Gasteiger partial charge is 0.445 e. The number of hydrogen-bond acceptors (Lipinski definition) is 3. The van der Waals surface area contributed by atoms with Crippen molar-refractivity contribution < 1.29 is 14.3 Å². The van der Waals surface area contributed by atoms with Crippen molar-refractivity contribution in [1.29, 1.82) is 0 Å². The van der Waals surface area contributed by atoms with E-state index in [-0.39, 0.29) is 0 Å². The molecule has 0 aliphatic heterocycles. The van der Waals surface area contributed by atoms with Crippen LogP contribution in [0.25, 0.3) is 0 Å². The van der Waals surface area contributed by atoms with Gasteiger partial charge in [0.05, 0.1) is 0 Å². The fraction of sp³-hybridized carbons (Fsp3) is 0.333. The van der Waals surface area contributed by atoms with Crippen LogP contribution in [0.5, 0.6) is 0 Å². The molecule has 0 amide bonds. The first kappa shape index (κ1) is 9.99. The highest BCUT2D eigenvalue weighted by molar-refractivity contribution is 6.65. The van der Waals surface area contributed by atoms with Crippen molar-refractivity contribution in [2.45, 2.75) is 18.9 Å². The first-order valence-electron chi connectivity index (χ1n) is 3.81. The molecule has 0 bridgehead atoms. The molecule has 0 N–H and O–H groups in total. The molecule has 1 aliphatic rings. The Morgan fingerprint density at radius 2 is 2.15 bits per heavy atom. The van der Waals surface area contributed by atoms with Crippen LogP contribution in [-0.2, 0) is 14.3 Å². The van der Waals surface area contributed by atoms with E-state index in [2.05, 4.69) is 0 Å². The van der Waals surface area contributed by atoms with Crippen molar-refractivity contribution in [2.24, 2.45) is 0 Å². The smallest absolute Gasteiger partial charge is 0.304 e. The second-order valence-electron chi connectivity index (χ2n) is 2.75. The number of hydrogen-bond donors (Lipinski definition) is 0. The Hall–Kier alpha value is -1.09. The Morgan fingerprint density at radius 3 is 2.54 bits per heavy atom. The molecule has 0 saturated heterocycles. The average molecular weight is 201 g/mol. The van der Waals surface area contributed by atoms with Gasteiger partial charge in [-0.15, -0.1) is 0 Å². The summed E-state index contributed by atoms with van der Waals surface area (Å²) in [6, 6.07) is 0. The highest BCUT2D eigenvalue weighted by Crippen LogP contribution is 2.25. The SMILES string of the molecule is CC(=O)OC1(C(=O)Cl)C=CC=CC1. The molecule has 0 radical (unpaired) electrons. The zero-order valence-corrected chi connectivity index (χ0v) is 7.88. The van der Waals surface area contributed by atoms with Gasteiger partial charge in [-0.3, -0.25) is 9.59 Å². The van der Waals surface area contributed by atoms with E-state index in [0.29, 0.717) is 6.42 Å². The van der Waals surface area contributed by atoms with Gasteiger partial charge in [0.15, 0.2) is 0 Å². The molecule has 0 spiro atoms. The molecular weight excluding hydrogens is 192 g/mol.